The fourth-order valence-corrected chi connectivity index (χ4v) is 9.88. The lowest BCUT2D eigenvalue weighted by molar-refractivity contribution is -0.302. The van der Waals surface area contributed by atoms with Gasteiger partial charge in [0.15, 0.2) is 6.29 Å². The molecular weight excluding hydrogens is 943 g/mol. The number of hydrogen-bond acceptors (Lipinski definition) is 10. The van der Waals surface area contributed by atoms with Crippen molar-refractivity contribution in [2.45, 2.75) is 339 Å². The molecule has 11 nitrogen and oxygen atoms in total. The number of ether oxygens (including phenoxy) is 3. The van der Waals surface area contributed by atoms with Gasteiger partial charge in [-0.1, -0.05) is 243 Å². The number of hydrogen-bond donors (Lipinski definition) is 6. The summed E-state index contributed by atoms with van der Waals surface area (Å²) in [5, 5.41) is 54.5. The van der Waals surface area contributed by atoms with Gasteiger partial charge in [0.05, 0.1) is 32.0 Å². The summed E-state index contributed by atoms with van der Waals surface area (Å²) >= 11 is 0. The Morgan fingerprint density at radius 3 is 1.32 bits per heavy atom. The molecule has 1 amide bonds. The summed E-state index contributed by atoms with van der Waals surface area (Å²) < 4.78 is 16.7. The van der Waals surface area contributed by atoms with E-state index in [0.717, 1.165) is 77.0 Å². The molecule has 0 spiro atoms. The fraction of sp³-hybridized carbons (Fsp3) is 0.875. The van der Waals surface area contributed by atoms with Crippen molar-refractivity contribution in [1.82, 2.24) is 5.32 Å². The van der Waals surface area contributed by atoms with E-state index in [1.165, 1.54) is 193 Å². The monoisotopic (exact) mass is 1060 g/mol. The van der Waals surface area contributed by atoms with Crippen LogP contribution in [0.3, 0.4) is 0 Å². The average Bonchev–Trinajstić information content (AvgIpc) is 3.41. The first-order chi connectivity index (χ1) is 36.7. The third kappa shape index (κ3) is 43.4. The van der Waals surface area contributed by atoms with Crippen LogP contribution in [0, 0.1) is 0 Å². The molecule has 6 N–H and O–H groups in total. The SMILES string of the molecule is CCCC/C=C\CCCCCCCC(=O)OCCCCCCCCCCCCC/C=C\CCCCCCCCCC(=O)NC(COC1OC(CO)C(O)C(O)C1O)C(O)/C=C/CCCCCCCCCCCCCC. The Kier molecular flexibility index (Phi) is 50.9. The minimum Gasteiger partial charge on any atom is -0.466 e. The normalized spacial score (nSPS) is 18.9. The summed E-state index contributed by atoms with van der Waals surface area (Å²) in [6.07, 6.45) is 56.6. The van der Waals surface area contributed by atoms with Crippen LogP contribution in [0.15, 0.2) is 36.5 Å². The van der Waals surface area contributed by atoms with Gasteiger partial charge in [0.2, 0.25) is 5.91 Å². The lowest BCUT2D eigenvalue weighted by atomic mass is 9.99. The van der Waals surface area contributed by atoms with Crippen LogP contribution < -0.4 is 5.32 Å². The Balaban J connectivity index is 2.08. The summed E-state index contributed by atoms with van der Waals surface area (Å²) in [6.45, 7) is 4.31. The summed E-state index contributed by atoms with van der Waals surface area (Å²) in [5.74, 6) is -0.201. The van der Waals surface area contributed by atoms with E-state index in [-0.39, 0.29) is 18.5 Å². The quantitative estimate of drug-likeness (QED) is 0.0195. The molecule has 1 heterocycles. The first-order valence-corrected chi connectivity index (χ1v) is 31.8. The maximum absolute atomic E-state index is 13.1. The molecule has 0 aliphatic carbocycles. The second-order valence-electron chi connectivity index (χ2n) is 22.1. The van der Waals surface area contributed by atoms with Gasteiger partial charge in [0.25, 0.3) is 0 Å². The number of amides is 1. The molecule has 1 fully saturated rings. The molecule has 0 aromatic rings. The molecule has 1 rings (SSSR count). The van der Waals surface area contributed by atoms with Gasteiger partial charge < -0.3 is 45.1 Å². The highest BCUT2D eigenvalue weighted by atomic mass is 16.7. The van der Waals surface area contributed by atoms with E-state index in [0.29, 0.717) is 19.4 Å². The van der Waals surface area contributed by atoms with Crippen LogP contribution in [0.25, 0.3) is 0 Å². The molecule has 1 aliphatic heterocycles. The lowest BCUT2D eigenvalue weighted by Crippen LogP contribution is -2.60. The number of aliphatic hydroxyl groups excluding tert-OH is 5. The van der Waals surface area contributed by atoms with Gasteiger partial charge in [-0.3, -0.25) is 9.59 Å². The molecule has 7 atom stereocenters. The zero-order chi connectivity index (χ0) is 54.5. The smallest absolute Gasteiger partial charge is 0.305 e. The molecule has 1 saturated heterocycles. The van der Waals surface area contributed by atoms with E-state index >= 15 is 0 Å². The fourth-order valence-electron chi connectivity index (χ4n) is 9.88. The van der Waals surface area contributed by atoms with Crippen LogP contribution in [0.2, 0.25) is 0 Å². The lowest BCUT2D eigenvalue weighted by Gasteiger charge is -2.40. The van der Waals surface area contributed by atoms with Crippen LogP contribution in [-0.2, 0) is 23.8 Å². The number of rotatable bonds is 55. The van der Waals surface area contributed by atoms with E-state index < -0.39 is 49.5 Å². The summed E-state index contributed by atoms with van der Waals surface area (Å²) in [7, 11) is 0. The number of carbonyl (C=O) groups is 2. The third-order valence-electron chi connectivity index (χ3n) is 15.0. The summed E-state index contributed by atoms with van der Waals surface area (Å²) in [4.78, 5) is 25.1. The van der Waals surface area contributed by atoms with E-state index in [1.807, 2.05) is 6.08 Å². The Hall–Kier alpha value is -2.12. The summed E-state index contributed by atoms with van der Waals surface area (Å²) in [6, 6.07) is -0.815. The van der Waals surface area contributed by atoms with Crippen LogP contribution in [0.5, 0.6) is 0 Å². The minimum atomic E-state index is -1.57. The van der Waals surface area contributed by atoms with Gasteiger partial charge >= 0.3 is 5.97 Å². The maximum Gasteiger partial charge on any atom is 0.305 e. The third-order valence-corrected chi connectivity index (χ3v) is 15.0. The van der Waals surface area contributed by atoms with E-state index in [9.17, 15) is 35.1 Å². The molecule has 11 heteroatoms. The number of aliphatic hydroxyl groups is 5. The highest BCUT2D eigenvalue weighted by Crippen LogP contribution is 2.23. The first kappa shape index (κ1) is 70.9. The zero-order valence-electron chi connectivity index (χ0n) is 48.5. The largest absolute Gasteiger partial charge is 0.466 e. The number of unbranched alkanes of at least 4 members (excludes halogenated alkanes) is 37. The van der Waals surface area contributed by atoms with Crippen molar-refractivity contribution in [1.29, 1.82) is 0 Å². The molecule has 0 bridgehead atoms. The second-order valence-corrected chi connectivity index (χ2v) is 22.1. The van der Waals surface area contributed by atoms with Crippen molar-refractivity contribution in [3.8, 4) is 0 Å². The Labute approximate surface area is 460 Å². The van der Waals surface area contributed by atoms with Crippen molar-refractivity contribution in [3.05, 3.63) is 36.5 Å². The highest BCUT2D eigenvalue weighted by Gasteiger charge is 2.44. The molecule has 0 aromatic heterocycles. The predicted octanol–water partition coefficient (Wildman–Crippen LogP) is 15.1. The Bertz CT molecular complexity index is 1340. The molecule has 0 radical (unpaired) electrons. The standard InChI is InChI=1S/C64H119NO10/c1-3-5-7-9-11-13-15-16-27-31-34-38-42-46-50-57(67)56(55-74-64-63(72)62(71)61(70)58(54-66)75-64)65-59(68)51-47-43-39-35-32-28-25-23-21-19-17-18-20-22-24-26-29-33-37-41-45-49-53-73-60(69)52-48-44-40-36-30-14-12-10-8-6-4-2/h10,12,19,21,46,50,56-58,61-64,66-67,70-72H,3-9,11,13-18,20,22-45,47-49,51-55H2,1-2H3,(H,65,68)/b12-10-,21-19-,50-46+. The Morgan fingerprint density at radius 1 is 0.480 bits per heavy atom. The van der Waals surface area contributed by atoms with Gasteiger partial charge in [-0.05, 0) is 77.0 Å². The number of allylic oxidation sites excluding steroid dienone is 5. The van der Waals surface area contributed by atoms with Gasteiger partial charge in [-0.2, -0.15) is 0 Å². The molecule has 7 unspecified atom stereocenters. The van der Waals surface area contributed by atoms with E-state index in [2.05, 4.69) is 43.5 Å². The van der Waals surface area contributed by atoms with Crippen LogP contribution in [0.1, 0.15) is 296 Å². The van der Waals surface area contributed by atoms with Gasteiger partial charge in [-0.25, -0.2) is 0 Å². The van der Waals surface area contributed by atoms with Gasteiger partial charge in [0, 0.05) is 12.8 Å². The molecule has 440 valence electrons. The van der Waals surface area contributed by atoms with Crippen LogP contribution in [-0.4, -0.2) is 100 Å². The first-order valence-electron chi connectivity index (χ1n) is 31.8. The predicted molar refractivity (Wildman–Crippen MR) is 311 cm³/mol. The van der Waals surface area contributed by atoms with Gasteiger partial charge in [0.1, 0.15) is 24.4 Å². The van der Waals surface area contributed by atoms with Crippen molar-refractivity contribution in [2.75, 3.05) is 19.8 Å². The van der Waals surface area contributed by atoms with Crippen LogP contribution in [0.4, 0.5) is 0 Å². The average molecular weight is 1060 g/mol. The van der Waals surface area contributed by atoms with Gasteiger partial charge in [-0.15, -0.1) is 0 Å². The number of carbonyl (C=O) groups excluding carboxylic acids is 2. The maximum atomic E-state index is 13.1. The second kappa shape index (κ2) is 53.9. The van der Waals surface area contributed by atoms with E-state index in [4.69, 9.17) is 14.2 Å². The molecule has 75 heavy (non-hydrogen) atoms. The number of esters is 1. The van der Waals surface area contributed by atoms with Crippen molar-refractivity contribution in [2.24, 2.45) is 0 Å². The molecule has 0 aromatic carbocycles. The Morgan fingerprint density at radius 2 is 0.867 bits per heavy atom. The summed E-state index contributed by atoms with van der Waals surface area (Å²) in [5.41, 5.74) is 0. The van der Waals surface area contributed by atoms with Crippen molar-refractivity contribution >= 4 is 11.9 Å². The topological polar surface area (TPSA) is 175 Å². The molecule has 0 saturated carbocycles. The minimum absolute atomic E-state index is 0.0136. The van der Waals surface area contributed by atoms with Crippen LogP contribution >= 0.6 is 0 Å². The molecular formula is C64H119NO10. The number of nitrogens with one attached hydrogen (secondary N) is 1. The highest BCUT2D eigenvalue weighted by molar-refractivity contribution is 5.76. The van der Waals surface area contributed by atoms with Crippen molar-refractivity contribution < 1.29 is 49.3 Å². The zero-order valence-corrected chi connectivity index (χ0v) is 48.5. The van der Waals surface area contributed by atoms with E-state index in [1.54, 1.807) is 6.08 Å². The molecule has 1 aliphatic rings. The van der Waals surface area contributed by atoms with Crippen molar-refractivity contribution in [3.63, 3.8) is 0 Å².